The van der Waals surface area contributed by atoms with Gasteiger partial charge in [0, 0.05) is 12.3 Å². The Morgan fingerprint density at radius 3 is 2.62 bits per heavy atom. The zero-order valence-corrected chi connectivity index (χ0v) is 9.18. The third kappa shape index (κ3) is 5.81. The van der Waals surface area contributed by atoms with Gasteiger partial charge in [0.05, 0.1) is 0 Å². The highest BCUT2D eigenvalue weighted by Gasteiger charge is 2.12. The SMILES string of the molecule is [2H]N(C)CCCCC(CC)C(=O)CC. The van der Waals surface area contributed by atoms with Crippen LogP contribution < -0.4 is 5.31 Å². The molecule has 2 heteroatoms. The van der Waals surface area contributed by atoms with Crippen molar-refractivity contribution in [3.63, 3.8) is 0 Å². The zero-order chi connectivity index (χ0) is 11.0. The van der Waals surface area contributed by atoms with Crippen molar-refractivity contribution in [3.8, 4) is 0 Å². The van der Waals surface area contributed by atoms with Crippen molar-refractivity contribution in [3.05, 3.63) is 0 Å². The van der Waals surface area contributed by atoms with E-state index in [4.69, 9.17) is 1.41 Å². The highest BCUT2D eigenvalue weighted by atomic mass is 16.1. The Kier molecular flexibility index (Phi) is 6.79. The van der Waals surface area contributed by atoms with Crippen LogP contribution in [0.5, 0.6) is 0 Å². The molecule has 0 aliphatic carbocycles. The van der Waals surface area contributed by atoms with Crippen LogP contribution >= 0.6 is 0 Å². The van der Waals surface area contributed by atoms with Crippen LogP contribution in [0.4, 0.5) is 0 Å². The minimum atomic E-state index is 0.260. The Labute approximate surface area is 83.6 Å². The summed E-state index contributed by atoms with van der Waals surface area (Å²) in [6.07, 6.45) is 4.71. The van der Waals surface area contributed by atoms with Crippen LogP contribution in [0.1, 0.15) is 46.0 Å². The summed E-state index contributed by atoms with van der Waals surface area (Å²) in [5.74, 6) is 0.655. The lowest BCUT2D eigenvalue weighted by molar-refractivity contribution is -0.122. The fourth-order valence-corrected chi connectivity index (χ4v) is 1.54. The van der Waals surface area contributed by atoms with Gasteiger partial charge in [0.15, 0.2) is 0 Å². The zero-order valence-electron chi connectivity index (χ0n) is 10.2. The fourth-order valence-electron chi connectivity index (χ4n) is 1.54. The highest BCUT2D eigenvalue weighted by Crippen LogP contribution is 2.14. The van der Waals surface area contributed by atoms with Crippen LogP contribution in [-0.2, 0) is 4.79 Å². The third-order valence-electron chi connectivity index (χ3n) is 2.48. The second-order valence-electron chi connectivity index (χ2n) is 3.46. The van der Waals surface area contributed by atoms with Gasteiger partial charge in [-0.25, -0.2) is 0 Å². The van der Waals surface area contributed by atoms with E-state index >= 15 is 0 Å². The Morgan fingerprint density at radius 1 is 1.46 bits per heavy atom. The van der Waals surface area contributed by atoms with E-state index in [0.29, 0.717) is 12.2 Å². The van der Waals surface area contributed by atoms with E-state index in [9.17, 15) is 4.79 Å². The minimum Gasteiger partial charge on any atom is -0.320 e. The maximum absolute atomic E-state index is 11.4. The summed E-state index contributed by atoms with van der Waals surface area (Å²) in [5.41, 5.74) is 0. The van der Waals surface area contributed by atoms with Gasteiger partial charge in [-0.2, -0.15) is 0 Å². The molecular weight excluding hydrogens is 162 g/mol. The number of unbranched alkanes of at least 4 members (excludes halogenated alkanes) is 1. The van der Waals surface area contributed by atoms with Gasteiger partial charge in [-0.1, -0.05) is 20.3 Å². The molecule has 1 unspecified atom stereocenters. The first-order valence-electron chi connectivity index (χ1n) is 5.79. The van der Waals surface area contributed by atoms with Gasteiger partial charge < -0.3 is 5.31 Å². The molecule has 0 fully saturated rings. The topological polar surface area (TPSA) is 29.1 Å². The monoisotopic (exact) mass is 186 g/mol. The number of hydrogen-bond donors (Lipinski definition) is 1. The number of rotatable bonds is 8. The minimum absolute atomic E-state index is 0.260. The normalized spacial score (nSPS) is 14.3. The quantitative estimate of drug-likeness (QED) is 0.590. The van der Waals surface area contributed by atoms with Crippen LogP contribution in [0.15, 0.2) is 0 Å². The highest BCUT2D eigenvalue weighted by molar-refractivity contribution is 5.80. The Balaban J connectivity index is 3.58. The molecule has 0 radical (unpaired) electrons. The maximum Gasteiger partial charge on any atom is 0.135 e. The van der Waals surface area contributed by atoms with Crippen LogP contribution in [0, 0.1) is 5.92 Å². The second kappa shape index (κ2) is 8.24. The van der Waals surface area contributed by atoms with E-state index < -0.39 is 0 Å². The molecule has 0 aromatic heterocycles. The molecule has 0 bridgehead atoms. The molecule has 1 atom stereocenters. The van der Waals surface area contributed by atoms with Crippen molar-refractivity contribution in [1.29, 1.82) is 0 Å². The molecule has 0 amide bonds. The summed E-state index contributed by atoms with van der Waals surface area (Å²) in [4.78, 5) is 11.4. The lowest BCUT2D eigenvalue weighted by atomic mass is 9.93. The number of carbonyl (C=O) groups is 1. The van der Waals surface area contributed by atoms with Crippen LogP contribution in [-0.4, -0.2) is 19.4 Å². The van der Waals surface area contributed by atoms with Crippen molar-refractivity contribution in [2.45, 2.75) is 46.0 Å². The van der Waals surface area contributed by atoms with E-state index in [-0.39, 0.29) is 5.92 Å². The summed E-state index contributed by atoms with van der Waals surface area (Å²) in [5, 5.41) is 1.45. The van der Waals surface area contributed by atoms with Crippen LogP contribution in [0.25, 0.3) is 0 Å². The molecule has 0 aromatic rings. The molecule has 0 aliphatic heterocycles. The maximum atomic E-state index is 11.4. The van der Waals surface area contributed by atoms with E-state index in [1.165, 1.54) is 5.31 Å². The van der Waals surface area contributed by atoms with Crippen molar-refractivity contribution >= 4 is 5.78 Å². The summed E-state index contributed by atoms with van der Waals surface area (Å²) in [6.45, 7) is 4.81. The lowest BCUT2D eigenvalue weighted by Gasteiger charge is -2.11. The molecule has 0 spiro atoms. The van der Waals surface area contributed by atoms with E-state index in [2.05, 4.69) is 6.92 Å². The molecule has 78 valence electrons. The first-order valence-corrected chi connectivity index (χ1v) is 5.34. The molecule has 0 heterocycles. The van der Waals surface area contributed by atoms with Gasteiger partial charge in [0.25, 0.3) is 0 Å². The summed E-state index contributed by atoms with van der Waals surface area (Å²) >= 11 is 0. The Hall–Kier alpha value is -0.370. The van der Waals surface area contributed by atoms with Crippen LogP contribution in [0.2, 0.25) is 1.41 Å². The number of nitrogens with one attached hydrogen (secondary N) is 1. The van der Waals surface area contributed by atoms with Crippen molar-refractivity contribution in [2.75, 3.05) is 13.6 Å². The number of carbonyl (C=O) groups excluding carboxylic acids is 1. The summed E-state index contributed by atoms with van der Waals surface area (Å²) in [7, 11) is 1.76. The van der Waals surface area contributed by atoms with Gasteiger partial charge in [-0.15, -0.1) is 0 Å². The van der Waals surface area contributed by atoms with Crippen LogP contribution in [0.3, 0.4) is 0 Å². The smallest absolute Gasteiger partial charge is 0.135 e. The van der Waals surface area contributed by atoms with E-state index in [0.717, 1.165) is 32.2 Å². The second-order valence-corrected chi connectivity index (χ2v) is 3.46. The molecule has 0 saturated carbocycles. The number of hydrogen-bond acceptors (Lipinski definition) is 2. The Morgan fingerprint density at radius 2 is 2.15 bits per heavy atom. The molecule has 0 rings (SSSR count). The predicted octanol–water partition coefficient (Wildman–Crippen LogP) is 2.38. The van der Waals surface area contributed by atoms with Gasteiger partial charge in [-0.3, -0.25) is 4.79 Å². The predicted molar refractivity (Wildman–Crippen MR) is 56.9 cm³/mol. The fraction of sp³-hybridized carbons (Fsp3) is 0.909. The van der Waals surface area contributed by atoms with Crippen molar-refractivity contribution in [1.82, 2.24) is 5.31 Å². The van der Waals surface area contributed by atoms with Crippen molar-refractivity contribution in [2.24, 2.45) is 5.92 Å². The molecule has 0 saturated heterocycles. The van der Waals surface area contributed by atoms with Gasteiger partial charge >= 0.3 is 0 Å². The Bertz CT molecular complexity index is 159. The molecule has 1 N–H and O–H groups in total. The van der Waals surface area contributed by atoms with E-state index in [1.807, 2.05) is 6.92 Å². The molecule has 13 heavy (non-hydrogen) atoms. The third-order valence-corrected chi connectivity index (χ3v) is 2.48. The van der Waals surface area contributed by atoms with Gasteiger partial charge in [0.2, 0.25) is 0 Å². The lowest BCUT2D eigenvalue weighted by Crippen LogP contribution is -2.13. The van der Waals surface area contributed by atoms with Gasteiger partial charge in [-0.05, 0) is 32.9 Å². The molecule has 2 nitrogen and oxygen atoms in total. The first kappa shape index (κ1) is 10.7. The molecular formula is C11H23NO. The van der Waals surface area contributed by atoms with Crippen molar-refractivity contribution < 1.29 is 6.21 Å². The number of ketones is 1. The summed E-state index contributed by atoms with van der Waals surface area (Å²) < 4.78 is 7.20. The van der Waals surface area contributed by atoms with E-state index in [1.54, 1.807) is 7.05 Å². The number of Topliss-reactive ketones (excluding diaryl/α,β-unsaturated/α-hetero) is 1. The molecule has 0 aromatic carbocycles. The average Bonchev–Trinajstić information content (AvgIpc) is 2.16. The largest absolute Gasteiger partial charge is 0.320 e. The standard InChI is InChI=1S/C11H23NO/c1-4-10(11(13)5-2)8-6-7-9-12-3/h10,12H,4-9H2,1-3H3/i/hD. The summed E-state index contributed by atoms with van der Waals surface area (Å²) in [6, 6.07) is 0. The van der Waals surface area contributed by atoms with Gasteiger partial charge in [0.1, 0.15) is 7.20 Å². The molecule has 0 aliphatic rings. The first-order chi connectivity index (χ1) is 6.61. The average molecular weight is 186 g/mol.